The summed E-state index contributed by atoms with van der Waals surface area (Å²) >= 11 is 0. The number of nitro benzene ring substituents is 1. The van der Waals surface area contributed by atoms with Crippen molar-refractivity contribution < 1.29 is 18.1 Å². The normalized spacial score (nSPS) is 13.7. The Bertz CT molecular complexity index is 987. The zero-order valence-electron chi connectivity index (χ0n) is 14.7. The van der Waals surface area contributed by atoms with Gasteiger partial charge in [0.25, 0.3) is 5.69 Å². The molecule has 0 saturated heterocycles. The van der Waals surface area contributed by atoms with Gasteiger partial charge in [-0.25, -0.2) is 8.42 Å². The van der Waals surface area contributed by atoms with Crippen molar-refractivity contribution in [3.63, 3.8) is 0 Å². The summed E-state index contributed by atoms with van der Waals surface area (Å²) in [6.45, 7) is 0.423. The number of benzene rings is 2. The fourth-order valence-electron chi connectivity index (χ4n) is 3.09. The lowest BCUT2D eigenvalue weighted by Gasteiger charge is -2.29. The standard InChI is InChI=1S/C18H19N3O5S/c1-27(25,26)20-10-2-3-14-6-7-15(12-17(14)20)19-18(22)11-13-4-8-16(9-5-13)21(23)24/h4-9,12H,2-3,10-11H2,1H3,(H,19,22). The lowest BCUT2D eigenvalue weighted by Crippen LogP contribution is -2.34. The number of nitrogens with zero attached hydrogens (tertiary/aromatic N) is 2. The third-order valence-corrected chi connectivity index (χ3v) is 5.54. The number of hydrogen-bond acceptors (Lipinski definition) is 5. The minimum Gasteiger partial charge on any atom is -0.326 e. The molecule has 2 aromatic carbocycles. The fourth-order valence-corrected chi connectivity index (χ4v) is 4.08. The monoisotopic (exact) mass is 389 g/mol. The Kier molecular flexibility index (Phi) is 5.13. The van der Waals surface area contributed by atoms with Crippen molar-refractivity contribution in [2.75, 3.05) is 22.4 Å². The lowest BCUT2D eigenvalue weighted by atomic mass is 10.0. The molecule has 0 saturated carbocycles. The van der Waals surface area contributed by atoms with Gasteiger partial charge in [-0.2, -0.15) is 0 Å². The van der Waals surface area contributed by atoms with Crippen LogP contribution in [0, 0.1) is 10.1 Å². The van der Waals surface area contributed by atoms with Gasteiger partial charge in [0.15, 0.2) is 0 Å². The van der Waals surface area contributed by atoms with E-state index in [1.807, 2.05) is 6.07 Å². The molecule has 0 unspecified atom stereocenters. The number of amides is 1. The van der Waals surface area contributed by atoms with Crippen molar-refractivity contribution in [1.29, 1.82) is 0 Å². The molecule has 0 atom stereocenters. The Labute approximate surface area is 157 Å². The number of nitrogens with one attached hydrogen (secondary N) is 1. The quantitative estimate of drug-likeness (QED) is 0.624. The van der Waals surface area contributed by atoms with Crippen LogP contribution in [0.15, 0.2) is 42.5 Å². The third kappa shape index (κ3) is 4.43. The number of non-ortho nitro benzene ring substituents is 1. The smallest absolute Gasteiger partial charge is 0.269 e. The summed E-state index contributed by atoms with van der Waals surface area (Å²) in [5, 5.41) is 13.4. The third-order valence-electron chi connectivity index (χ3n) is 4.36. The zero-order valence-corrected chi connectivity index (χ0v) is 15.5. The molecule has 142 valence electrons. The van der Waals surface area contributed by atoms with Gasteiger partial charge in [-0.05, 0) is 36.1 Å². The second kappa shape index (κ2) is 7.36. The van der Waals surface area contributed by atoms with Crippen LogP contribution in [0.2, 0.25) is 0 Å². The van der Waals surface area contributed by atoms with E-state index in [1.165, 1.54) is 34.8 Å². The average molecular weight is 389 g/mol. The molecule has 3 rings (SSSR count). The summed E-state index contributed by atoms with van der Waals surface area (Å²) in [4.78, 5) is 22.4. The Morgan fingerprint density at radius 1 is 1.22 bits per heavy atom. The molecule has 2 aromatic rings. The molecule has 0 radical (unpaired) electrons. The number of aryl methyl sites for hydroxylation is 1. The van der Waals surface area contributed by atoms with Gasteiger partial charge in [-0.1, -0.05) is 18.2 Å². The van der Waals surface area contributed by atoms with Gasteiger partial charge >= 0.3 is 0 Å². The van der Waals surface area contributed by atoms with E-state index in [-0.39, 0.29) is 18.0 Å². The summed E-state index contributed by atoms with van der Waals surface area (Å²) in [6, 6.07) is 11.0. The molecule has 0 spiro atoms. The molecule has 0 aromatic heterocycles. The number of rotatable bonds is 5. The van der Waals surface area contributed by atoms with Crippen molar-refractivity contribution in [1.82, 2.24) is 0 Å². The number of hydrogen-bond donors (Lipinski definition) is 1. The molecular weight excluding hydrogens is 370 g/mol. The molecule has 1 amide bonds. The summed E-state index contributed by atoms with van der Waals surface area (Å²) in [7, 11) is -3.38. The highest BCUT2D eigenvalue weighted by Gasteiger charge is 2.24. The Morgan fingerprint density at radius 3 is 2.56 bits per heavy atom. The summed E-state index contributed by atoms with van der Waals surface area (Å²) in [5.41, 5.74) is 2.65. The molecule has 1 heterocycles. The van der Waals surface area contributed by atoms with Gasteiger partial charge in [-0.3, -0.25) is 19.2 Å². The van der Waals surface area contributed by atoms with Crippen LogP contribution in [0.25, 0.3) is 0 Å². The first-order chi connectivity index (χ1) is 12.7. The second-order valence-corrected chi connectivity index (χ2v) is 8.34. The maximum Gasteiger partial charge on any atom is 0.269 e. The maximum atomic E-state index is 12.3. The van der Waals surface area contributed by atoms with Gasteiger partial charge in [0.1, 0.15) is 0 Å². The number of anilines is 2. The number of sulfonamides is 1. The molecule has 1 aliphatic heterocycles. The fraction of sp³-hybridized carbons (Fsp3) is 0.278. The van der Waals surface area contributed by atoms with E-state index in [2.05, 4.69) is 5.32 Å². The van der Waals surface area contributed by atoms with Gasteiger partial charge in [-0.15, -0.1) is 0 Å². The molecule has 27 heavy (non-hydrogen) atoms. The van der Waals surface area contributed by atoms with Gasteiger partial charge in [0.2, 0.25) is 15.9 Å². The highest BCUT2D eigenvalue weighted by Crippen LogP contribution is 2.31. The predicted octanol–water partition coefficient (Wildman–Crippen LogP) is 2.49. The minimum atomic E-state index is -3.38. The highest BCUT2D eigenvalue weighted by molar-refractivity contribution is 7.92. The predicted molar refractivity (Wildman–Crippen MR) is 102 cm³/mol. The Hall–Kier alpha value is -2.94. The van der Waals surface area contributed by atoms with E-state index in [1.54, 1.807) is 12.1 Å². The average Bonchev–Trinajstić information content (AvgIpc) is 2.60. The molecule has 1 aliphatic rings. The first kappa shape index (κ1) is 18.8. The van der Waals surface area contributed by atoms with Crippen molar-refractivity contribution in [2.45, 2.75) is 19.3 Å². The molecule has 0 fully saturated rings. The molecular formula is C18H19N3O5S. The van der Waals surface area contributed by atoms with Gasteiger partial charge in [0.05, 0.1) is 23.3 Å². The van der Waals surface area contributed by atoms with E-state index >= 15 is 0 Å². The molecule has 0 bridgehead atoms. The van der Waals surface area contributed by atoms with Crippen LogP contribution in [0.1, 0.15) is 17.5 Å². The van der Waals surface area contributed by atoms with Crippen LogP contribution >= 0.6 is 0 Å². The van der Waals surface area contributed by atoms with Crippen LogP contribution in [0.5, 0.6) is 0 Å². The van der Waals surface area contributed by atoms with E-state index < -0.39 is 14.9 Å². The molecule has 0 aliphatic carbocycles. The number of fused-ring (bicyclic) bond motifs is 1. The Balaban J connectivity index is 1.74. The van der Waals surface area contributed by atoms with Crippen molar-refractivity contribution in [3.05, 3.63) is 63.7 Å². The van der Waals surface area contributed by atoms with Crippen LogP contribution in [-0.2, 0) is 27.7 Å². The van der Waals surface area contributed by atoms with Crippen molar-refractivity contribution >= 4 is 33.0 Å². The summed E-state index contributed by atoms with van der Waals surface area (Å²) < 4.78 is 25.3. The van der Waals surface area contributed by atoms with Crippen LogP contribution in [0.3, 0.4) is 0 Å². The van der Waals surface area contributed by atoms with E-state index in [0.717, 1.165) is 18.4 Å². The van der Waals surface area contributed by atoms with Crippen LogP contribution in [0.4, 0.5) is 17.1 Å². The zero-order chi connectivity index (χ0) is 19.6. The number of carbonyl (C=O) groups is 1. The molecule has 1 N–H and O–H groups in total. The SMILES string of the molecule is CS(=O)(=O)N1CCCc2ccc(NC(=O)Cc3ccc([N+](=O)[O-])cc3)cc21. The topological polar surface area (TPSA) is 110 Å². The van der Waals surface area contributed by atoms with Gasteiger partial charge < -0.3 is 5.32 Å². The largest absolute Gasteiger partial charge is 0.326 e. The van der Waals surface area contributed by atoms with Crippen LogP contribution < -0.4 is 9.62 Å². The number of nitro groups is 1. The minimum absolute atomic E-state index is 0.0327. The van der Waals surface area contributed by atoms with Crippen molar-refractivity contribution in [2.24, 2.45) is 0 Å². The summed E-state index contributed by atoms with van der Waals surface area (Å²) in [5.74, 6) is -0.287. The highest BCUT2D eigenvalue weighted by atomic mass is 32.2. The Morgan fingerprint density at radius 2 is 1.93 bits per heavy atom. The first-order valence-corrected chi connectivity index (χ1v) is 10.2. The lowest BCUT2D eigenvalue weighted by molar-refractivity contribution is -0.384. The first-order valence-electron chi connectivity index (χ1n) is 8.38. The second-order valence-electron chi connectivity index (χ2n) is 6.43. The maximum absolute atomic E-state index is 12.3. The summed E-state index contributed by atoms with van der Waals surface area (Å²) in [6.07, 6.45) is 2.77. The van der Waals surface area contributed by atoms with Crippen LogP contribution in [-0.4, -0.2) is 32.0 Å². The van der Waals surface area contributed by atoms with Gasteiger partial charge in [0, 0.05) is 24.4 Å². The molecule has 8 nitrogen and oxygen atoms in total. The van der Waals surface area contributed by atoms with Crippen molar-refractivity contribution in [3.8, 4) is 0 Å². The number of carbonyl (C=O) groups excluding carboxylic acids is 1. The van der Waals surface area contributed by atoms with E-state index in [9.17, 15) is 23.3 Å². The van der Waals surface area contributed by atoms with E-state index in [0.29, 0.717) is 23.5 Å². The molecule has 9 heteroatoms. The van der Waals surface area contributed by atoms with E-state index in [4.69, 9.17) is 0 Å².